The molecule has 0 N–H and O–H groups in total. The Morgan fingerprint density at radius 1 is 1.24 bits per heavy atom. The summed E-state index contributed by atoms with van der Waals surface area (Å²) >= 11 is 1.23. The van der Waals surface area contributed by atoms with Crippen LogP contribution in [-0.4, -0.2) is 40.6 Å². The van der Waals surface area contributed by atoms with Crippen molar-refractivity contribution in [2.45, 2.75) is 31.2 Å². The van der Waals surface area contributed by atoms with Gasteiger partial charge in [-0.25, -0.2) is 4.68 Å². The van der Waals surface area contributed by atoms with Gasteiger partial charge in [0.2, 0.25) is 5.16 Å². The second kappa shape index (κ2) is 6.67. The van der Waals surface area contributed by atoms with E-state index in [9.17, 15) is 9.59 Å². The molecule has 25 heavy (non-hydrogen) atoms. The number of ketones is 1. The number of para-hydroxylation sites is 1. The van der Waals surface area contributed by atoms with Crippen LogP contribution >= 0.6 is 11.8 Å². The summed E-state index contributed by atoms with van der Waals surface area (Å²) in [4.78, 5) is 24.6. The number of benzene rings is 1. The minimum Gasteiger partial charge on any atom is -0.299 e. The standard InChI is InChI=1S/C16H18N6O2S/c1-10-14(21-16(17-18-19-21)25-12(3)11(2)23)15(24)22(20(10)4)13-8-6-5-7-9-13/h5-9,12H,1-4H3/t12-/m0/s1. The highest BCUT2D eigenvalue weighted by atomic mass is 32.2. The first kappa shape index (κ1) is 17.2. The van der Waals surface area contributed by atoms with Crippen LogP contribution in [0.5, 0.6) is 0 Å². The SMILES string of the molecule is CC(=O)[C@H](C)Sc1nnnn1-c1c(C)n(C)n(-c2ccccc2)c1=O. The zero-order valence-electron chi connectivity index (χ0n) is 14.4. The molecule has 0 spiro atoms. The van der Waals surface area contributed by atoms with Gasteiger partial charge in [0, 0.05) is 7.05 Å². The topological polar surface area (TPSA) is 87.6 Å². The summed E-state index contributed by atoms with van der Waals surface area (Å²) in [6.07, 6.45) is 0. The Kier molecular flexibility index (Phi) is 4.58. The number of rotatable bonds is 5. The monoisotopic (exact) mass is 358 g/mol. The fourth-order valence-corrected chi connectivity index (χ4v) is 3.23. The van der Waals surface area contributed by atoms with E-state index in [4.69, 9.17) is 0 Å². The maximum absolute atomic E-state index is 13.0. The van der Waals surface area contributed by atoms with Gasteiger partial charge in [0.25, 0.3) is 5.56 Å². The van der Waals surface area contributed by atoms with E-state index in [0.29, 0.717) is 10.8 Å². The first-order valence-corrected chi connectivity index (χ1v) is 8.59. The van der Waals surface area contributed by atoms with Crippen molar-refractivity contribution in [2.24, 2.45) is 7.05 Å². The predicted molar refractivity (Wildman–Crippen MR) is 94.5 cm³/mol. The number of aromatic nitrogens is 6. The fraction of sp³-hybridized carbons (Fsp3) is 0.312. The first-order valence-electron chi connectivity index (χ1n) is 7.71. The van der Waals surface area contributed by atoms with Crippen LogP contribution in [0.3, 0.4) is 0 Å². The molecular weight excluding hydrogens is 340 g/mol. The third kappa shape index (κ3) is 3.02. The smallest absolute Gasteiger partial charge is 0.297 e. The van der Waals surface area contributed by atoms with Crippen LogP contribution in [0.4, 0.5) is 0 Å². The molecule has 8 nitrogen and oxygen atoms in total. The van der Waals surface area contributed by atoms with Gasteiger partial charge in [-0.05, 0) is 43.3 Å². The third-order valence-electron chi connectivity index (χ3n) is 4.03. The van der Waals surface area contributed by atoms with Gasteiger partial charge >= 0.3 is 0 Å². The maximum atomic E-state index is 13.0. The number of hydrogen-bond donors (Lipinski definition) is 0. The number of thioether (sulfide) groups is 1. The summed E-state index contributed by atoms with van der Waals surface area (Å²) in [5, 5.41) is 11.7. The lowest BCUT2D eigenvalue weighted by Crippen LogP contribution is -2.22. The summed E-state index contributed by atoms with van der Waals surface area (Å²) in [7, 11) is 1.81. The predicted octanol–water partition coefficient (Wildman–Crippen LogP) is 1.53. The minimum absolute atomic E-state index is 0.0195. The van der Waals surface area contributed by atoms with Crippen LogP contribution in [0.1, 0.15) is 19.5 Å². The van der Waals surface area contributed by atoms with E-state index < -0.39 is 0 Å². The Balaban J connectivity index is 2.13. The van der Waals surface area contributed by atoms with Crippen LogP contribution in [0, 0.1) is 6.92 Å². The first-order chi connectivity index (χ1) is 11.9. The Morgan fingerprint density at radius 3 is 2.56 bits per heavy atom. The van der Waals surface area contributed by atoms with Crippen molar-refractivity contribution in [3.8, 4) is 11.4 Å². The van der Waals surface area contributed by atoms with Crippen LogP contribution in [0.25, 0.3) is 11.4 Å². The van der Waals surface area contributed by atoms with E-state index in [2.05, 4.69) is 15.5 Å². The fourth-order valence-electron chi connectivity index (χ4n) is 2.43. The molecule has 3 aromatic rings. The Labute approximate surface area is 148 Å². The average molecular weight is 358 g/mol. The maximum Gasteiger partial charge on any atom is 0.297 e. The molecule has 0 fully saturated rings. The minimum atomic E-state index is -0.301. The number of carbonyl (C=O) groups excluding carboxylic acids is 1. The van der Waals surface area contributed by atoms with Crippen molar-refractivity contribution < 1.29 is 4.79 Å². The normalized spacial score (nSPS) is 12.3. The molecule has 2 heterocycles. The lowest BCUT2D eigenvalue weighted by molar-refractivity contribution is -0.116. The molecule has 0 unspecified atom stereocenters. The lowest BCUT2D eigenvalue weighted by Gasteiger charge is -2.07. The van der Waals surface area contributed by atoms with Crippen molar-refractivity contribution in [3.05, 3.63) is 46.4 Å². The van der Waals surface area contributed by atoms with Crippen molar-refractivity contribution in [1.29, 1.82) is 0 Å². The van der Waals surface area contributed by atoms with E-state index in [0.717, 1.165) is 11.4 Å². The van der Waals surface area contributed by atoms with Crippen molar-refractivity contribution >= 4 is 17.5 Å². The number of Topliss-reactive ketones (excluding diaryl/α,β-unsaturated/α-hetero) is 1. The molecule has 0 saturated carbocycles. The molecule has 3 rings (SSSR count). The van der Waals surface area contributed by atoms with Gasteiger partial charge in [-0.2, -0.15) is 4.68 Å². The highest BCUT2D eigenvalue weighted by molar-refractivity contribution is 8.00. The molecule has 9 heteroatoms. The molecule has 2 aromatic heterocycles. The van der Waals surface area contributed by atoms with E-state index in [-0.39, 0.29) is 16.6 Å². The highest BCUT2D eigenvalue weighted by Crippen LogP contribution is 2.23. The largest absolute Gasteiger partial charge is 0.299 e. The molecular formula is C16H18N6O2S. The molecule has 1 aromatic carbocycles. The van der Waals surface area contributed by atoms with Crippen molar-refractivity contribution in [3.63, 3.8) is 0 Å². The number of tetrazole rings is 1. The quantitative estimate of drug-likeness (QED) is 0.643. The number of carbonyl (C=O) groups is 1. The van der Waals surface area contributed by atoms with Gasteiger partial charge in [-0.15, -0.1) is 5.10 Å². The molecule has 0 aliphatic carbocycles. The molecule has 1 atom stereocenters. The van der Waals surface area contributed by atoms with Crippen LogP contribution in [-0.2, 0) is 11.8 Å². The van der Waals surface area contributed by atoms with Gasteiger partial charge in [-0.1, -0.05) is 30.0 Å². The zero-order valence-corrected chi connectivity index (χ0v) is 15.2. The van der Waals surface area contributed by atoms with E-state index in [1.54, 1.807) is 16.3 Å². The molecule has 0 aliphatic heterocycles. The summed E-state index contributed by atoms with van der Waals surface area (Å²) in [6, 6.07) is 9.35. The molecule has 0 radical (unpaired) electrons. The Morgan fingerprint density at radius 2 is 1.92 bits per heavy atom. The lowest BCUT2D eigenvalue weighted by atomic mass is 10.3. The highest BCUT2D eigenvalue weighted by Gasteiger charge is 2.23. The summed E-state index contributed by atoms with van der Waals surface area (Å²) in [5.74, 6) is 0.0195. The zero-order chi connectivity index (χ0) is 18.1. The second-order valence-electron chi connectivity index (χ2n) is 5.65. The third-order valence-corrected chi connectivity index (χ3v) is 5.18. The molecule has 0 aliphatic rings. The molecule has 0 amide bonds. The summed E-state index contributed by atoms with van der Waals surface area (Å²) in [5.41, 5.74) is 1.62. The van der Waals surface area contributed by atoms with Gasteiger partial charge in [0.05, 0.1) is 16.6 Å². The van der Waals surface area contributed by atoms with Crippen LogP contribution in [0.2, 0.25) is 0 Å². The average Bonchev–Trinajstić information content (AvgIpc) is 3.11. The Bertz CT molecular complexity index is 972. The van der Waals surface area contributed by atoms with E-state index in [1.165, 1.54) is 23.4 Å². The molecule has 0 saturated heterocycles. The van der Waals surface area contributed by atoms with Crippen LogP contribution in [0.15, 0.2) is 40.3 Å². The Hall–Kier alpha value is -2.68. The van der Waals surface area contributed by atoms with Gasteiger partial charge < -0.3 is 0 Å². The van der Waals surface area contributed by atoms with Crippen LogP contribution < -0.4 is 5.56 Å². The van der Waals surface area contributed by atoms with E-state index >= 15 is 0 Å². The molecule has 0 bridgehead atoms. The molecule has 130 valence electrons. The summed E-state index contributed by atoms with van der Waals surface area (Å²) < 4.78 is 4.73. The van der Waals surface area contributed by atoms with E-state index in [1.807, 2.05) is 44.3 Å². The van der Waals surface area contributed by atoms with Gasteiger partial charge in [0.15, 0.2) is 5.69 Å². The summed E-state index contributed by atoms with van der Waals surface area (Å²) in [6.45, 7) is 5.13. The van der Waals surface area contributed by atoms with Gasteiger partial charge in [-0.3, -0.25) is 14.3 Å². The number of nitrogens with zero attached hydrogens (tertiary/aromatic N) is 6. The second-order valence-corrected chi connectivity index (χ2v) is 6.96. The van der Waals surface area contributed by atoms with Crippen molar-refractivity contribution in [2.75, 3.05) is 0 Å². The van der Waals surface area contributed by atoms with Gasteiger partial charge in [0.1, 0.15) is 5.78 Å². The van der Waals surface area contributed by atoms with Crippen molar-refractivity contribution in [1.82, 2.24) is 29.6 Å². The number of hydrogen-bond acceptors (Lipinski definition) is 6.